The van der Waals surface area contributed by atoms with E-state index in [1.165, 1.54) is 6.33 Å². The van der Waals surface area contributed by atoms with Gasteiger partial charge in [0.05, 0.1) is 11.5 Å². The molecule has 1 aliphatic carbocycles. The Morgan fingerprint density at radius 1 is 1.19 bits per heavy atom. The SMILES string of the molecule is Nc1ncnc(NC2=CC(Cl)=C3C(=O)NC4(CCCCC4)N3C(=O)C2)c1Cl. The number of hydrogen-bond acceptors (Lipinski definition) is 6. The Kier molecular flexibility index (Phi) is 4.47. The number of allylic oxidation sites excluding steroid dienone is 2. The van der Waals surface area contributed by atoms with Crippen molar-refractivity contribution in [2.45, 2.75) is 44.2 Å². The summed E-state index contributed by atoms with van der Waals surface area (Å²) < 4.78 is 0. The fraction of sp³-hybridized carbons (Fsp3) is 0.412. The molecule has 0 unspecified atom stereocenters. The van der Waals surface area contributed by atoms with Gasteiger partial charge in [0.15, 0.2) is 5.82 Å². The summed E-state index contributed by atoms with van der Waals surface area (Å²) in [5, 5.41) is 6.33. The van der Waals surface area contributed by atoms with Gasteiger partial charge in [0, 0.05) is 5.70 Å². The number of nitrogen functional groups attached to an aromatic ring is 1. The van der Waals surface area contributed by atoms with E-state index >= 15 is 0 Å². The quantitative estimate of drug-likeness (QED) is 0.692. The predicted octanol–water partition coefficient (Wildman–Crippen LogP) is 2.48. The second-order valence-electron chi connectivity index (χ2n) is 6.86. The van der Waals surface area contributed by atoms with E-state index in [2.05, 4.69) is 20.6 Å². The first-order chi connectivity index (χ1) is 12.9. The van der Waals surface area contributed by atoms with Crippen molar-refractivity contribution in [3.8, 4) is 0 Å². The third-order valence-corrected chi connectivity index (χ3v) is 5.77. The zero-order valence-electron chi connectivity index (χ0n) is 14.4. The molecule has 10 heteroatoms. The van der Waals surface area contributed by atoms with E-state index in [-0.39, 0.29) is 45.6 Å². The lowest BCUT2D eigenvalue weighted by Crippen LogP contribution is -2.54. The predicted molar refractivity (Wildman–Crippen MR) is 101 cm³/mol. The van der Waals surface area contributed by atoms with Crippen LogP contribution < -0.4 is 16.4 Å². The average molecular weight is 409 g/mol. The van der Waals surface area contributed by atoms with Crippen LogP contribution in [0, 0.1) is 0 Å². The van der Waals surface area contributed by atoms with Crippen molar-refractivity contribution >= 4 is 46.7 Å². The van der Waals surface area contributed by atoms with Crippen LogP contribution in [-0.2, 0) is 9.59 Å². The number of aromatic nitrogens is 2. The molecular weight excluding hydrogens is 391 g/mol. The molecular formula is C17H18Cl2N6O2. The standard InChI is InChI=1S/C17H18Cl2N6O2/c18-10-6-9(23-15-12(19)14(20)21-8-22-15)7-11(26)25-13(10)16(27)24-17(25)4-2-1-3-5-17/h6,8H,1-5,7H2,(H,24,27)(H3,20,21,22,23). The Morgan fingerprint density at radius 2 is 1.93 bits per heavy atom. The van der Waals surface area contributed by atoms with Crippen LogP contribution in [-0.4, -0.2) is 32.3 Å². The van der Waals surface area contributed by atoms with Crippen LogP contribution in [0.3, 0.4) is 0 Å². The number of hydrogen-bond donors (Lipinski definition) is 3. The van der Waals surface area contributed by atoms with Gasteiger partial charge >= 0.3 is 0 Å². The molecule has 1 saturated heterocycles. The molecule has 1 aromatic rings. The maximum Gasteiger partial charge on any atom is 0.271 e. The van der Waals surface area contributed by atoms with Gasteiger partial charge in [0.25, 0.3) is 5.91 Å². The monoisotopic (exact) mass is 408 g/mol. The van der Waals surface area contributed by atoms with Gasteiger partial charge in [-0.2, -0.15) is 0 Å². The number of nitrogens with one attached hydrogen (secondary N) is 2. The molecule has 3 heterocycles. The van der Waals surface area contributed by atoms with Crippen molar-refractivity contribution in [2.24, 2.45) is 0 Å². The highest BCUT2D eigenvalue weighted by atomic mass is 35.5. The van der Waals surface area contributed by atoms with E-state index in [1.54, 1.807) is 11.0 Å². The van der Waals surface area contributed by atoms with E-state index in [4.69, 9.17) is 28.9 Å². The summed E-state index contributed by atoms with van der Waals surface area (Å²) in [5.41, 5.74) is 5.69. The highest BCUT2D eigenvalue weighted by molar-refractivity contribution is 6.35. The van der Waals surface area contributed by atoms with Gasteiger partial charge in [-0.05, 0) is 31.8 Å². The minimum Gasteiger partial charge on any atom is -0.382 e. The lowest BCUT2D eigenvalue weighted by atomic mass is 9.88. The Hall–Kier alpha value is -2.32. The van der Waals surface area contributed by atoms with E-state index in [9.17, 15) is 9.59 Å². The number of carbonyl (C=O) groups excluding carboxylic acids is 2. The van der Waals surface area contributed by atoms with Crippen molar-refractivity contribution < 1.29 is 9.59 Å². The Morgan fingerprint density at radius 3 is 2.67 bits per heavy atom. The molecule has 27 heavy (non-hydrogen) atoms. The van der Waals surface area contributed by atoms with Crippen LogP contribution in [0.4, 0.5) is 11.6 Å². The lowest BCUT2D eigenvalue weighted by molar-refractivity contribution is -0.134. The molecule has 1 aromatic heterocycles. The van der Waals surface area contributed by atoms with E-state index < -0.39 is 5.66 Å². The Bertz CT molecular complexity index is 891. The van der Waals surface area contributed by atoms with Crippen LogP contribution >= 0.6 is 23.2 Å². The van der Waals surface area contributed by atoms with Crippen LogP contribution in [0.2, 0.25) is 5.02 Å². The number of fused-ring (bicyclic) bond motifs is 2. The molecule has 142 valence electrons. The number of anilines is 2. The minimum absolute atomic E-state index is 0.0245. The van der Waals surface area contributed by atoms with Gasteiger partial charge < -0.3 is 16.4 Å². The summed E-state index contributed by atoms with van der Waals surface area (Å²) >= 11 is 12.6. The van der Waals surface area contributed by atoms with Crippen LogP contribution in [0.15, 0.2) is 28.8 Å². The Balaban J connectivity index is 1.69. The molecule has 0 radical (unpaired) electrons. The number of amides is 2. The zero-order chi connectivity index (χ0) is 19.2. The topological polar surface area (TPSA) is 113 Å². The first kappa shape index (κ1) is 18.1. The van der Waals surface area contributed by atoms with Gasteiger partial charge in [0.2, 0.25) is 5.91 Å². The largest absolute Gasteiger partial charge is 0.382 e. The molecule has 2 amide bonds. The maximum absolute atomic E-state index is 13.1. The van der Waals surface area contributed by atoms with E-state index in [0.717, 1.165) is 32.1 Å². The van der Waals surface area contributed by atoms with Crippen LogP contribution in [0.5, 0.6) is 0 Å². The number of carbonyl (C=O) groups is 2. The zero-order valence-corrected chi connectivity index (χ0v) is 15.9. The third kappa shape index (κ3) is 3.02. The lowest BCUT2D eigenvalue weighted by Gasteiger charge is -2.40. The van der Waals surface area contributed by atoms with Crippen molar-refractivity contribution in [3.05, 3.63) is 33.9 Å². The fourth-order valence-corrected chi connectivity index (χ4v) is 4.37. The van der Waals surface area contributed by atoms with Gasteiger partial charge in [-0.25, -0.2) is 9.97 Å². The van der Waals surface area contributed by atoms with Crippen LogP contribution in [0.25, 0.3) is 0 Å². The molecule has 2 aliphatic heterocycles. The number of nitrogens with zero attached hydrogens (tertiary/aromatic N) is 3. The minimum atomic E-state index is -0.678. The van der Waals surface area contributed by atoms with Crippen molar-refractivity contribution in [1.82, 2.24) is 20.2 Å². The van der Waals surface area contributed by atoms with Gasteiger partial charge in [-0.15, -0.1) is 0 Å². The summed E-state index contributed by atoms with van der Waals surface area (Å²) in [6, 6.07) is 0. The van der Waals surface area contributed by atoms with Gasteiger partial charge in [-0.3, -0.25) is 14.5 Å². The van der Waals surface area contributed by atoms with Gasteiger partial charge in [-0.1, -0.05) is 29.6 Å². The number of halogens is 2. The third-order valence-electron chi connectivity index (χ3n) is 5.11. The molecule has 0 bridgehead atoms. The summed E-state index contributed by atoms with van der Waals surface area (Å²) in [7, 11) is 0. The van der Waals surface area contributed by atoms with Crippen molar-refractivity contribution in [1.29, 1.82) is 0 Å². The van der Waals surface area contributed by atoms with Crippen LogP contribution in [0.1, 0.15) is 38.5 Å². The van der Waals surface area contributed by atoms with E-state index in [1.807, 2.05) is 0 Å². The van der Waals surface area contributed by atoms with Crippen molar-refractivity contribution in [3.63, 3.8) is 0 Å². The molecule has 1 saturated carbocycles. The highest BCUT2D eigenvalue weighted by Gasteiger charge is 2.52. The highest BCUT2D eigenvalue weighted by Crippen LogP contribution is 2.42. The molecule has 8 nitrogen and oxygen atoms in total. The van der Waals surface area contributed by atoms with Gasteiger partial charge in [0.1, 0.15) is 28.5 Å². The number of rotatable bonds is 2. The molecule has 0 atom stereocenters. The smallest absolute Gasteiger partial charge is 0.271 e. The summed E-state index contributed by atoms with van der Waals surface area (Å²) in [6.45, 7) is 0. The fourth-order valence-electron chi connectivity index (χ4n) is 3.92. The van der Waals surface area contributed by atoms with Crippen molar-refractivity contribution in [2.75, 3.05) is 11.1 Å². The first-order valence-electron chi connectivity index (χ1n) is 8.70. The summed E-state index contributed by atoms with van der Waals surface area (Å²) in [4.78, 5) is 35.1. The van der Waals surface area contributed by atoms with E-state index in [0.29, 0.717) is 5.70 Å². The first-order valence-corrected chi connectivity index (χ1v) is 9.46. The molecule has 4 rings (SSSR count). The normalized spacial score (nSPS) is 21.7. The second-order valence-corrected chi connectivity index (χ2v) is 7.65. The summed E-state index contributed by atoms with van der Waals surface area (Å²) in [5.74, 6) is -0.133. The molecule has 2 fully saturated rings. The second kappa shape index (κ2) is 6.69. The summed E-state index contributed by atoms with van der Waals surface area (Å²) in [6.07, 6.45) is 7.27. The Labute approximate surface area is 165 Å². The molecule has 1 spiro atoms. The molecule has 3 aliphatic rings. The number of nitrogens with two attached hydrogens (primary N) is 1. The average Bonchev–Trinajstić information content (AvgIpc) is 2.82. The molecule has 4 N–H and O–H groups in total. The maximum atomic E-state index is 13.1. The molecule has 0 aromatic carbocycles.